The van der Waals surface area contributed by atoms with Crippen LogP contribution in [0.1, 0.15) is 6.92 Å². The summed E-state index contributed by atoms with van der Waals surface area (Å²) in [5, 5.41) is 3.51. The minimum Gasteiger partial charge on any atom is -0.480 e. The van der Waals surface area contributed by atoms with Gasteiger partial charge in [0.2, 0.25) is 0 Å². The average molecular weight is 392 g/mol. The molecule has 5 nitrogen and oxygen atoms in total. The maximum absolute atomic E-state index is 12.0. The van der Waals surface area contributed by atoms with E-state index in [1.165, 1.54) is 0 Å². The molecule has 1 heterocycles. The highest BCUT2D eigenvalue weighted by Crippen LogP contribution is 2.28. The van der Waals surface area contributed by atoms with Crippen molar-refractivity contribution in [3.05, 3.63) is 27.7 Å². The summed E-state index contributed by atoms with van der Waals surface area (Å²) in [6, 6.07) is 5.20. The molecular formula is C15H20BrClN2O3. The summed E-state index contributed by atoms with van der Waals surface area (Å²) < 4.78 is 11.7. The van der Waals surface area contributed by atoms with Gasteiger partial charge in [0.05, 0.1) is 17.7 Å². The van der Waals surface area contributed by atoms with Crippen molar-refractivity contribution in [1.29, 1.82) is 0 Å². The van der Waals surface area contributed by atoms with Crippen molar-refractivity contribution in [2.24, 2.45) is 0 Å². The van der Waals surface area contributed by atoms with Gasteiger partial charge in [-0.25, -0.2) is 0 Å². The van der Waals surface area contributed by atoms with Crippen LogP contribution >= 0.6 is 27.5 Å². The second-order valence-corrected chi connectivity index (χ2v) is 6.37. The molecule has 1 unspecified atom stereocenters. The highest BCUT2D eigenvalue weighted by Gasteiger charge is 2.16. The Morgan fingerprint density at radius 1 is 1.50 bits per heavy atom. The molecule has 1 aliphatic heterocycles. The first-order valence-electron chi connectivity index (χ1n) is 7.26. The third kappa shape index (κ3) is 5.43. The fraction of sp³-hybridized carbons (Fsp3) is 0.533. The Morgan fingerprint density at radius 3 is 2.91 bits per heavy atom. The molecular weight excluding hydrogens is 372 g/mol. The Balaban J connectivity index is 1.74. The van der Waals surface area contributed by atoms with Crippen LogP contribution < -0.4 is 10.1 Å². The van der Waals surface area contributed by atoms with Crippen LogP contribution in [0.25, 0.3) is 0 Å². The zero-order valence-corrected chi connectivity index (χ0v) is 14.8. The first kappa shape index (κ1) is 17.5. The van der Waals surface area contributed by atoms with Gasteiger partial charge in [0, 0.05) is 31.2 Å². The molecule has 0 bridgehead atoms. The van der Waals surface area contributed by atoms with Crippen LogP contribution in [-0.2, 0) is 9.53 Å². The lowest BCUT2D eigenvalue weighted by molar-refractivity contribution is -0.127. The second kappa shape index (κ2) is 8.72. The van der Waals surface area contributed by atoms with E-state index >= 15 is 0 Å². The summed E-state index contributed by atoms with van der Waals surface area (Å²) in [6.07, 6.45) is -0.567. The number of halogens is 2. The number of carbonyl (C=O) groups is 1. The van der Waals surface area contributed by atoms with Crippen molar-refractivity contribution in [1.82, 2.24) is 10.2 Å². The van der Waals surface area contributed by atoms with Gasteiger partial charge in [0.15, 0.2) is 6.10 Å². The van der Waals surface area contributed by atoms with Crippen LogP contribution in [0.3, 0.4) is 0 Å². The third-order valence-corrected chi connectivity index (χ3v) is 4.25. The lowest BCUT2D eigenvalue weighted by Gasteiger charge is -2.26. The first-order chi connectivity index (χ1) is 10.6. The molecule has 1 fully saturated rings. The minimum absolute atomic E-state index is 0.130. The summed E-state index contributed by atoms with van der Waals surface area (Å²) >= 11 is 9.25. The number of morpholine rings is 1. The van der Waals surface area contributed by atoms with E-state index in [9.17, 15) is 4.79 Å². The van der Waals surface area contributed by atoms with Gasteiger partial charge in [-0.2, -0.15) is 0 Å². The van der Waals surface area contributed by atoms with Crippen LogP contribution in [0, 0.1) is 0 Å². The van der Waals surface area contributed by atoms with Gasteiger partial charge in [-0.1, -0.05) is 11.6 Å². The number of rotatable bonds is 6. The zero-order valence-electron chi connectivity index (χ0n) is 12.5. The van der Waals surface area contributed by atoms with Crippen molar-refractivity contribution in [3.63, 3.8) is 0 Å². The van der Waals surface area contributed by atoms with Crippen molar-refractivity contribution < 1.29 is 14.3 Å². The standard InChI is InChI=1S/C15H20BrClN2O3/c1-11(22-14-3-2-12(17)10-13(14)16)15(20)18-4-5-19-6-8-21-9-7-19/h2-3,10-11H,4-9H2,1H3,(H,18,20). The molecule has 1 atom stereocenters. The smallest absolute Gasteiger partial charge is 0.260 e. The van der Waals surface area contributed by atoms with Crippen LogP contribution in [0.5, 0.6) is 5.75 Å². The van der Waals surface area contributed by atoms with E-state index in [4.69, 9.17) is 21.1 Å². The predicted molar refractivity (Wildman–Crippen MR) is 89.5 cm³/mol. The summed E-state index contributed by atoms with van der Waals surface area (Å²) in [5.41, 5.74) is 0. The molecule has 1 saturated heterocycles. The van der Waals surface area contributed by atoms with E-state index in [0.717, 1.165) is 37.3 Å². The number of hydrogen-bond acceptors (Lipinski definition) is 4. The molecule has 22 heavy (non-hydrogen) atoms. The van der Waals surface area contributed by atoms with Crippen molar-refractivity contribution in [2.45, 2.75) is 13.0 Å². The molecule has 1 aromatic carbocycles. The number of amides is 1. The number of hydrogen-bond donors (Lipinski definition) is 1. The van der Waals surface area contributed by atoms with Gasteiger partial charge < -0.3 is 14.8 Å². The minimum atomic E-state index is -0.567. The lowest BCUT2D eigenvalue weighted by Crippen LogP contribution is -2.43. The Labute approximate surface area is 144 Å². The summed E-state index contributed by atoms with van der Waals surface area (Å²) in [7, 11) is 0. The Bertz CT molecular complexity index is 510. The van der Waals surface area contributed by atoms with Crippen molar-refractivity contribution >= 4 is 33.4 Å². The summed E-state index contributed by atoms with van der Waals surface area (Å²) in [6.45, 7) is 6.52. The molecule has 1 aliphatic rings. The molecule has 0 aromatic heterocycles. The number of carbonyl (C=O) groups excluding carboxylic acids is 1. The number of nitrogens with zero attached hydrogens (tertiary/aromatic N) is 1. The van der Waals surface area contributed by atoms with Crippen LogP contribution in [0.15, 0.2) is 22.7 Å². The van der Waals surface area contributed by atoms with Crippen LogP contribution in [0.2, 0.25) is 5.02 Å². The molecule has 1 N–H and O–H groups in total. The van der Waals surface area contributed by atoms with E-state index in [2.05, 4.69) is 26.1 Å². The quantitative estimate of drug-likeness (QED) is 0.808. The maximum atomic E-state index is 12.0. The summed E-state index contributed by atoms with van der Waals surface area (Å²) in [5.74, 6) is 0.468. The normalized spacial score (nSPS) is 17.0. The number of nitrogens with one attached hydrogen (secondary N) is 1. The van der Waals surface area contributed by atoms with E-state index < -0.39 is 6.10 Å². The van der Waals surface area contributed by atoms with Gasteiger partial charge in [0.25, 0.3) is 5.91 Å². The highest BCUT2D eigenvalue weighted by atomic mass is 79.9. The van der Waals surface area contributed by atoms with Gasteiger partial charge in [-0.15, -0.1) is 0 Å². The first-order valence-corrected chi connectivity index (χ1v) is 8.43. The molecule has 0 spiro atoms. The number of benzene rings is 1. The summed E-state index contributed by atoms with van der Waals surface area (Å²) in [4.78, 5) is 14.3. The Hall–Kier alpha value is -0.820. The van der Waals surface area contributed by atoms with Crippen LogP contribution in [-0.4, -0.2) is 56.3 Å². The molecule has 0 aliphatic carbocycles. The molecule has 2 rings (SSSR count). The SMILES string of the molecule is CC(Oc1ccc(Cl)cc1Br)C(=O)NCCN1CCOCC1. The maximum Gasteiger partial charge on any atom is 0.260 e. The fourth-order valence-electron chi connectivity index (χ4n) is 2.12. The Kier molecular flexibility index (Phi) is 6.95. The average Bonchev–Trinajstić information content (AvgIpc) is 2.51. The second-order valence-electron chi connectivity index (χ2n) is 5.08. The van der Waals surface area contributed by atoms with E-state index in [1.54, 1.807) is 25.1 Å². The van der Waals surface area contributed by atoms with Gasteiger partial charge >= 0.3 is 0 Å². The molecule has 0 saturated carbocycles. The monoisotopic (exact) mass is 390 g/mol. The topological polar surface area (TPSA) is 50.8 Å². The number of ether oxygens (including phenoxy) is 2. The molecule has 1 amide bonds. The van der Waals surface area contributed by atoms with E-state index in [0.29, 0.717) is 17.3 Å². The molecule has 0 radical (unpaired) electrons. The van der Waals surface area contributed by atoms with Crippen molar-refractivity contribution in [3.8, 4) is 5.75 Å². The van der Waals surface area contributed by atoms with E-state index in [1.807, 2.05) is 0 Å². The van der Waals surface area contributed by atoms with E-state index in [-0.39, 0.29) is 5.91 Å². The third-order valence-electron chi connectivity index (χ3n) is 3.40. The molecule has 122 valence electrons. The highest BCUT2D eigenvalue weighted by molar-refractivity contribution is 9.10. The predicted octanol–water partition coefficient (Wildman–Crippen LogP) is 2.32. The van der Waals surface area contributed by atoms with Gasteiger partial charge in [-0.05, 0) is 41.1 Å². The fourth-order valence-corrected chi connectivity index (χ4v) is 2.90. The van der Waals surface area contributed by atoms with Crippen LogP contribution in [0.4, 0.5) is 0 Å². The lowest BCUT2D eigenvalue weighted by atomic mass is 10.3. The largest absolute Gasteiger partial charge is 0.480 e. The van der Waals surface area contributed by atoms with Crippen molar-refractivity contribution in [2.75, 3.05) is 39.4 Å². The molecule has 1 aromatic rings. The molecule has 7 heteroatoms. The van der Waals surface area contributed by atoms with Gasteiger partial charge in [-0.3, -0.25) is 9.69 Å². The van der Waals surface area contributed by atoms with Gasteiger partial charge in [0.1, 0.15) is 5.75 Å². The zero-order chi connectivity index (χ0) is 15.9. The Morgan fingerprint density at radius 2 is 2.23 bits per heavy atom.